The molecule has 0 nitrogen and oxygen atoms in total. The molecule has 0 unspecified atom stereocenters. The minimum absolute atomic E-state index is 0.973. The number of hydrogen-bond donors (Lipinski definition) is 0. The average Bonchev–Trinajstić information content (AvgIpc) is 2.20. The van der Waals surface area contributed by atoms with E-state index < -0.39 is 0 Å². The Kier molecular flexibility index (Phi) is 8.33. The zero-order valence-corrected chi connectivity index (χ0v) is 8.79. The standard InChI is InChI=1S/C9H10.C4H10/c1-2-6-9-7-4-3-5-8-9;1-3-4-2/h2-5,7-8H,1,6H2;3-4H2,1-2H3. The van der Waals surface area contributed by atoms with Gasteiger partial charge in [0.2, 0.25) is 0 Å². The maximum absolute atomic E-state index is 3.66. The van der Waals surface area contributed by atoms with Crippen LogP contribution in [0.3, 0.4) is 0 Å². The van der Waals surface area contributed by atoms with Crippen molar-refractivity contribution in [3.8, 4) is 0 Å². The van der Waals surface area contributed by atoms with Crippen molar-refractivity contribution in [1.29, 1.82) is 0 Å². The van der Waals surface area contributed by atoms with Crippen LogP contribution < -0.4 is 0 Å². The van der Waals surface area contributed by atoms with Crippen molar-refractivity contribution in [3.05, 3.63) is 48.6 Å². The average molecular weight is 176 g/mol. The summed E-state index contributed by atoms with van der Waals surface area (Å²) in [6.07, 6.45) is 5.52. The lowest BCUT2D eigenvalue weighted by molar-refractivity contribution is 0.886. The molecule has 0 fully saturated rings. The fraction of sp³-hybridized carbons (Fsp3) is 0.385. The maximum Gasteiger partial charge on any atom is -0.0100 e. The number of hydrogen-bond acceptors (Lipinski definition) is 0. The van der Waals surface area contributed by atoms with Crippen LogP contribution >= 0.6 is 0 Å². The first-order chi connectivity index (χ1) is 6.35. The van der Waals surface area contributed by atoms with Gasteiger partial charge in [-0.2, -0.15) is 0 Å². The first-order valence-electron chi connectivity index (χ1n) is 4.99. The number of rotatable bonds is 3. The van der Waals surface area contributed by atoms with Gasteiger partial charge in [0.1, 0.15) is 0 Å². The Morgan fingerprint density at radius 3 is 2.00 bits per heavy atom. The highest BCUT2D eigenvalue weighted by Gasteiger charge is 1.82. The van der Waals surface area contributed by atoms with Gasteiger partial charge in [0.25, 0.3) is 0 Å². The van der Waals surface area contributed by atoms with Gasteiger partial charge in [0, 0.05) is 0 Å². The van der Waals surface area contributed by atoms with E-state index in [1.54, 1.807) is 0 Å². The second-order valence-corrected chi connectivity index (χ2v) is 2.98. The van der Waals surface area contributed by atoms with Gasteiger partial charge < -0.3 is 0 Å². The van der Waals surface area contributed by atoms with Gasteiger partial charge in [-0.25, -0.2) is 0 Å². The molecule has 0 heterocycles. The predicted molar refractivity (Wildman–Crippen MR) is 60.9 cm³/mol. The molecule has 1 rings (SSSR count). The molecule has 0 heteroatoms. The lowest BCUT2D eigenvalue weighted by Crippen LogP contribution is -1.75. The Balaban J connectivity index is 0.000000310. The quantitative estimate of drug-likeness (QED) is 0.605. The van der Waals surface area contributed by atoms with Crippen molar-refractivity contribution in [2.24, 2.45) is 0 Å². The van der Waals surface area contributed by atoms with Crippen molar-refractivity contribution in [2.45, 2.75) is 33.1 Å². The molecule has 1 aromatic carbocycles. The third-order valence-electron chi connectivity index (χ3n) is 1.72. The van der Waals surface area contributed by atoms with Crippen LogP contribution in [0.2, 0.25) is 0 Å². The van der Waals surface area contributed by atoms with E-state index in [-0.39, 0.29) is 0 Å². The van der Waals surface area contributed by atoms with Crippen LogP contribution in [0.4, 0.5) is 0 Å². The van der Waals surface area contributed by atoms with Crippen molar-refractivity contribution in [2.75, 3.05) is 0 Å². The van der Waals surface area contributed by atoms with E-state index in [2.05, 4.69) is 32.6 Å². The van der Waals surface area contributed by atoms with Crippen molar-refractivity contribution < 1.29 is 0 Å². The topological polar surface area (TPSA) is 0 Å². The van der Waals surface area contributed by atoms with E-state index in [0.29, 0.717) is 0 Å². The third kappa shape index (κ3) is 7.32. The number of unbranched alkanes of at least 4 members (excludes halogenated alkanes) is 1. The largest absolute Gasteiger partial charge is 0.103 e. The summed E-state index contributed by atoms with van der Waals surface area (Å²) < 4.78 is 0. The summed E-state index contributed by atoms with van der Waals surface area (Å²) in [5, 5.41) is 0. The summed E-state index contributed by atoms with van der Waals surface area (Å²) in [5.41, 5.74) is 1.33. The SMILES string of the molecule is C=CCc1ccccc1.CCCC. The second kappa shape index (κ2) is 9.05. The molecule has 0 saturated carbocycles. The van der Waals surface area contributed by atoms with Crippen LogP contribution in [0.1, 0.15) is 32.3 Å². The normalized spacial score (nSPS) is 8.46. The summed E-state index contributed by atoms with van der Waals surface area (Å²) in [7, 11) is 0. The van der Waals surface area contributed by atoms with Crippen molar-refractivity contribution in [1.82, 2.24) is 0 Å². The van der Waals surface area contributed by atoms with Crippen LogP contribution in [0.15, 0.2) is 43.0 Å². The molecule has 0 radical (unpaired) electrons. The zero-order valence-electron chi connectivity index (χ0n) is 8.79. The summed E-state index contributed by atoms with van der Waals surface area (Å²) in [6, 6.07) is 10.3. The first-order valence-corrected chi connectivity index (χ1v) is 4.99. The highest BCUT2D eigenvalue weighted by molar-refractivity contribution is 5.16. The molecule has 0 spiro atoms. The summed E-state index contributed by atoms with van der Waals surface area (Å²) in [4.78, 5) is 0. The summed E-state index contributed by atoms with van der Waals surface area (Å²) in [6.45, 7) is 8.02. The molecule has 0 N–H and O–H groups in total. The van der Waals surface area contributed by atoms with Gasteiger partial charge in [-0.3, -0.25) is 0 Å². The molecule has 72 valence electrons. The van der Waals surface area contributed by atoms with Gasteiger partial charge in [0.15, 0.2) is 0 Å². The highest BCUT2D eigenvalue weighted by atomic mass is 13.9. The maximum atomic E-state index is 3.66. The second-order valence-electron chi connectivity index (χ2n) is 2.98. The predicted octanol–water partition coefficient (Wildman–Crippen LogP) is 4.22. The Hall–Kier alpha value is -1.04. The molecule has 0 amide bonds. The molecular formula is C13H20. The molecule has 0 aliphatic carbocycles. The van der Waals surface area contributed by atoms with Crippen LogP contribution in [0, 0.1) is 0 Å². The Morgan fingerprint density at radius 1 is 1.08 bits per heavy atom. The van der Waals surface area contributed by atoms with Gasteiger partial charge in [-0.15, -0.1) is 6.58 Å². The van der Waals surface area contributed by atoms with Gasteiger partial charge in [0.05, 0.1) is 0 Å². The molecule has 0 atom stereocenters. The van der Waals surface area contributed by atoms with E-state index in [1.807, 2.05) is 24.3 Å². The summed E-state index contributed by atoms with van der Waals surface area (Å²) in [5.74, 6) is 0. The fourth-order valence-corrected chi connectivity index (χ4v) is 0.781. The highest BCUT2D eigenvalue weighted by Crippen LogP contribution is 1.98. The molecular weight excluding hydrogens is 156 g/mol. The van der Waals surface area contributed by atoms with E-state index in [4.69, 9.17) is 0 Å². The minimum Gasteiger partial charge on any atom is -0.103 e. The van der Waals surface area contributed by atoms with Gasteiger partial charge in [-0.05, 0) is 12.0 Å². The third-order valence-corrected chi connectivity index (χ3v) is 1.72. The van der Waals surface area contributed by atoms with Crippen molar-refractivity contribution >= 4 is 0 Å². The lowest BCUT2D eigenvalue weighted by atomic mass is 10.2. The number of allylic oxidation sites excluding steroid dienone is 1. The zero-order chi connectivity index (χ0) is 9.94. The van der Waals surface area contributed by atoms with E-state index in [1.165, 1.54) is 18.4 Å². The molecule has 0 aliphatic heterocycles. The molecule has 0 aromatic heterocycles. The Labute approximate surface area is 82.3 Å². The molecule has 0 aliphatic rings. The van der Waals surface area contributed by atoms with E-state index in [0.717, 1.165) is 6.42 Å². The van der Waals surface area contributed by atoms with Gasteiger partial charge >= 0.3 is 0 Å². The van der Waals surface area contributed by atoms with Crippen LogP contribution in [-0.2, 0) is 6.42 Å². The summed E-state index contributed by atoms with van der Waals surface area (Å²) >= 11 is 0. The Morgan fingerprint density at radius 2 is 1.62 bits per heavy atom. The van der Waals surface area contributed by atoms with E-state index >= 15 is 0 Å². The van der Waals surface area contributed by atoms with Crippen LogP contribution in [0.5, 0.6) is 0 Å². The molecule has 0 saturated heterocycles. The monoisotopic (exact) mass is 176 g/mol. The Bertz CT molecular complexity index is 197. The molecule has 1 aromatic rings. The lowest BCUT2D eigenvalue weighted by Gasteiger charge is -1.91. The number of benzene rings is 1. The first kappa shape index (κ1) is 12.0. The minimum atomic E-state index is 0.973. The van der Waals surface area contributed by atoms with Gasteiger partial charge in [-0.1, -0.05) is 63.1 Å². The van der Waals surface area contributed by atoms with Crippen LogP contribution in [0.25, 0.3) is 0 Å². The smallest absolute Gasteiger partial charge is 0.0100 e. The van der Waals surface area contributed by atoms with E-state index in [9.17, 15) is 0 Å². The molecule has 0 bridgehead atoms. The van der Waals surface area contributed by atoms with Crippen molar-refractivity contribution in [3.63, 3.8) is 0 Å². The molecule has 13 heavy (non-hydrogen) atoms. The van der Waals surface area contributed by atoms with Crippen LogP contribution in [-0.4, -0.2) is 0 Å². The fourth-order valence-electron chi connectivity index (χ4n) is 0.781.